The molecule has 1 amide bonds. The topological polar surface area (TPSA) is 89.2 Å². The van der Waals surface area contributed by atoms with E-state index in [0.29, 0.717) is 29.5 Å². The Labute approximate surface area is 174 Å². The van der Waals surface area contributed by atoms with Gasteiger partial charge in [0, 0.05) is 45.6 Å². The quantitative estimate of drug-likeness (QED) is 0.666. The monoisotopic (exact) mass is 409 g/mol. The fraction of sp³-hybridized carbons (Fsp3) is 0.364. The number of carbonyl (C=O) groups is 1. The zero-order valence-electron chi connectivity index (χ0n) is 18.0. The molecule has 0 spiro atoms. The minimum Gasteiger partial charge on any atom is -0.370 e. The van der Waals surface area contributed by atoms with Crippen molar-refractivity contribution >= 4 is 22.6 Å². The molecule has 0 unspecified atom stereocenters. The molecule has 1 N–H and O–H groups in total. The van der Waals surface area contributed by atoms with Crippen molar-refractivity contribution in [3.05, 3.63) is 68.5 Å². The van der Waals surface area contributed by atoms with Crippen molar-refractivity contribution in [1.82, 2.24) is 19.4 Å². The second-order valence-corrected chi connectivity index (χ2v) is 7.41. The molecule has 3 rings (SSSR count). The van der Waals surface area contributed by atoms with Crippen molar-refractivity contribution in [2.45, 2.75) is 26.3 Å². The summed E-state index contributed by atoms with van der Waals surface area (Å²) in [5.74, 6) is -0.287. The Kier molecular flexibility index (Phi) is 6.05. The van der Waals surface area contributed by atoms with Gasteiger partial charge < -0.3 is 10.2 Å². The number of anilines is 1. The third kappa shape index (κ3) is 3.72. The van der Waals surface area contributed by atoms with Crippen LogP contribution < -0.4 is 21.5 Å². The maximum absolute atomic E-state index is 12.9. The maximum atomic E-state index is 12.9. The van der Waals surface area contributed by atoms with E-state index in [0.717, 1.165) is 10.3 Å². The Hall–Kier alpha value is -3.42. The van der Waals surface area contributed by atoms with Crippen LogP contribution in [0.4, 0.5) is 5.69 Å². The number of carbonyl (C=O) groups excluding carboxylic acids is 1. The molecule has 2 aromatic heterocycles. The van der Waals surface area contributed by atoms with Crippen molar-refractivity contribution < 1.29 is 4.79 Å². The minimum atomic E-state index is -0.447. The Balaban J connectivity index is 1.90. The van der Waals surface area contributed by atoms with E-state index in [1.807, 2.05) is 51.2 Å². The minimum absolute atomic E-state index is 0.0588. The van der Waals surface area contributed by atoms with Gasteiger partial charge in [0.25, 0.3) is 11.5 Å². The van der Waals surface area contributed by atoms with E-state index in [4.69, 9.17) is 0 Å². The van der Waals surface area contributed by atoms with Gasteiger partial charge in [0.05, 0.1) is 10.9 Å². The Bertz CT molecular complexity index is 1200. The molecular formula is C22H27N5O3. The lowest BCUT2D eigenvalue weighted by atomic mass is 10.0. The standard InChI is InChI=1S/C22H27N5O3/c1-6-16-17(13-23-19-18(16)21(29)27(5)22(30)26(19)4)20(28)24-12-14(2)25(3)15-10-8-7-9-11-15/h7-11,13-14H,6,12H2,1-5H3,(H,24,28)/t14-/m1/s1. The molecule has 8 heteroatoms. The second kappa shape index (κ2) is 8.52. The number of rotatable bonds is 6. The van der Waals surface area contributed by atoms with Crippen LogP contribution in [-0.2, 0) is 20.5 Å². The lowest BCUT2D eigenvalue weighted by Gasteiger charge is -2.27. The Morgan fingerprint density at radius 2 is 1.83 bits per heavy atom. The summed E-state index contributed by atoms with van der Waals surface area (Å²) in [7, 11) is 4.97. The molecule has 0 radical (unpaired) electrons. The highest BCUT2D eigenvalue weighted by molar-refractivity contribution is 5.99. The number of amides is 1. The van der Waals surface area contributed by atoms with Crippen LogP contribution in [0.2, 0.25) is 0 Å². The number of hydrogen-bond donors (Lipinski definition) is 1. The number of aromatic nitrogens is 3. The lowest BCUT2D eigenvalue weighted by molar-refractivity contribution is 0.0950. The molecule has 8 nitrogen and oxygen atoms in total. The third-order valence-corrected chi connectivity index (χ3v) is 5.56. The maximum Gasteiger partial charge on any atom is 0.332 e. The molecule has 0 saturated heterocycles. The third-order valence-electron chi connectivity index (χ3n) is 5.56. The van der Waals surface area contributed by atoms with Crippen LogP contribution in [0.15, 0.2) is 46.1 Å². The summed E-state index contributed by atoms with van der Waals surface area (Å²) in [4.78, 5) is 44.2. The number of aryl methyl sites for hydroxylation is 2. The molecule has 158 valence electrons. The fourth-order valence-electron chi connectivity index (χ4n) is 3.54. The molecule has 3 aromatic rings. The molecule has 1 aromatic carbocycles. The zero-order valence-corrected chi connectivity index (χ0v) is 18.0. The average molecular weight is 409 g/mol. The van der Waals surface area contributed by atoms with Crippen molar-refractivity contribution in [1.29, 1.82) is 0 Å². The molecule has 0 aliphatic heterocycles. The van der Waals surface area contributed by atoms with Crippen LogP contribution in [0.1, 0.15) is 29.8 Å². The van der Waals surface area contributed by atoms with E-state index in [-0.39, 0.29) is 17.6 Å². The van der Waals surface area contributed by atoms with Gasteiger partial charge in [-0.2, -0.15) is 0 Å². The summed E-state index contributed by atoms with van der Waals surface area (Å²) in [6.07, 6.45) is 1.91. The van der Waals surface area contributed by atoms with Crippen molar-refractivity contribution in [3.8, 4) is 0 Å². The van der Waals surface area contributed by atoms with Crippen molar-refractivity contribution in [2.24, 2.45) is 14.1 Å². The summed E-state index contributed by atoms with van der Waals surface area (Å²) in [6.45, 7) is 4.33. The predicted molar refractivity (Wildman–Crippen MR) is 118 cm³/mol. The number of hydrogen-bond acceptors (Lipinski definition) is 5. The normalized spacial score (nSPS) is 12.0. The zero-order chi connectivity index (χ0) is 22.0. The largest absolute Gasteiger partial charge is 0.370 e. The number of benzene rings is 1. The van der Waals surface area contributed by atoms with E-state index >= 15 is 0 Å². The molecule has 0 aliphatic carbocycles. The van der Waals surface area contributed by atoms with E-state index in [9.17, 15) is 14.4 Å². The van der Waals surface area contributed by atoms with Gasteiger partial charge in [-0.1, -0.05) is 25.1 Å². The number of pyridine rings is 1. The molecule has 0 saturated carbocycles. The molecule has 30 heavy (non-hydrogen) atoms. The molecule has 0 fully saturated rings. The first kappa shape index (κ1) is 21.3. The Morgan fingerprint density at radius 1 is 1.17 bits per heavy atom. The average Bonchev–Trinajstić information content (AvgIpc) is 2.78. The SMILES string of the molecule is CCc1c(C(=O)NC[C@@H](C)N(C)c2ccccc2)cnc2c1c(=O)n(C)c(=O)n2C. The van der Waals surface area contributed by atoms with E-state index < -0.39 is 11.2 Å². The van der Waals surface area contributed by atoms with Crippen LogP contribution in [0.25, 0.3) is 11.0 Å². The summed E-state index contributed by atoms with van der Waals surface area (Å²) >= 11 is 0. The van der Waals surface area contributed by atoms with Gasteiger partial charge in [-0.05, 0) is 31.0 Å². The second-order valence-electron chi connectivity index (χ2n) is 7.41. The lowest BCUT2D eigenvalue weighted by Crippen LogP contribution is -2.41. The first-order chi connectivity index (χ1) is 14.3. The molecule has 1 atom stereocenters. The first-order valence-electron chi connectivity index (χ1n) is 9.91. The number of nitrogens with one attached hydrogen (secondary N) is 1. The van der Waals surface area contributed by atoms with Crippen molar-refractivity contribution in [2.75, 3.05) is 18.5 Å². The first-order valence-corrected chi connectivity index (χ1v) is 9.91. The van der Waals surface area contributed by atoms with E-state index in [2.05, 4.69) is 15.2 Å². The van der Waals surface area contributed by atoms with Crippen LogP contribution in [0.5, 0.6) is 0 Å². The number of nitrogens with zero attached hydrogens (tertiary/aromatic N) is 4. The summed E-state index contributed by atoms with van der Waals surface area (Å²) in [5.41, 5.74) is 1.41. The highest BCUT2D eigenvalue weighted by Gasteiger charge is 2.20. The summed E-state index contributed by atoms with van der Waals surface area (Å²) in [5, 5.41) is 3.26. The van der Waals surface area contributed by atoms with E-state index in [1.165, 1.54) is 17.8 Å². The molecule has 0 aliphatic rings. The van der Waals surface area contributed by atoms with Gasteiger partial charge in [0.15, 0.2) is 0 Å². The smallest absolute Gasteiger partial charge is 0.332 e. The van der Waals surface area contributed by atoms with Crippen molar-refractivity contribution in [3.63, 3.8) is 0 Å². The van der Waals surface area contributed by atoms with Gasteiger partial charge in [-0.3, -0.25) is 18.7 Å². The van der Waals surface area contributed by atoms with E-state index in [1.54, 1.807) is 7.05 Å². The predicted octanol–water partition coefficient (Wildman–Crippen LogP) is 1.45. The molecule has 0 bridgehead atoms. The molecular weight excluding hydrogens is 382 g/mol. The number of fused-ring (bicyclic) bond motifs is 1. The highest BCUT2D eigenvalue weighted by Crippen LogP contribution is 2.18. The van der Waals surface area contributed by atoms with Crippen LogP contribution >= 0.6 is 0 Å². The van der Waals surface area contributed by atoms with Crippen LogP contribution in [0.3, 0.4) is 0 Å². The van der Waals surface area contributed by atoms with Crippen LogP contribution in [-0.4, -0.2) is 39.7 Å². The highest BCUT2D eigenvalue weighted by atomic mass is 16.2. The van der Waals surface area contributed by atoms with Gasteiger partial charge in [-0.25, -0.2) is 9.78 Å². The molecule has 2 heterocycles. The number of likely N-dealkylation sites (N-methyl/N-ethyl adjacent to an activating group) is 1. The number of para-hydroxylation sites is 1. The van der Waals surface area contributed by atoms with Crippen LogP contribution in [0, 0.1) is 0 Å². The fourth-order valence-corrected chi connectivity index (χ4v) is 3.54. The van der Waals surface area contributed by atoms with Gasteiger partial charge in [0.1, 0.15) is 5.65 Å². The summed E-state index contributed by atoms with van der Waals surface area (Å²) in [6, 6.07) is 9.99. The van der Waals surface area contributed by atoms with Gasteiger partial charge >= 0.3 is 5.69 Å². The van der Waals surface area contributed by atoms with Gasteiger partial charge in [0.2, 0.25) is 0 Å². The summed E-state index contributed by atoms with van der Waals surface area (Å²) < 4.78 is 2.37. The van der Waals surface area contributed by atoms with Gasteiger partial charge in [-0.15, -0.1) is 0 Å². The Morgan fingerprint density at radius 3 is 2.47 bits per heavy atom.